The number of carbonyl (C=O) groups excluding carboxylic acids is 1. The Bertz CT molecular complexity index is 1440. The monoisotopic (exact) mass is 501 g/mol. The number of anilines is 3. The number of carbonyl (C=O) groups is 1. The highest BCUT2D eigenvalue weighted by Crippen LogP contribution is 2.38. The van der Waals surface area contributed by atoms with Gasteiger partial charge in [-0.3, -0.25) is 4.79 Å². The summed E-state index contributed by atoms with van der Waals surface area (Å²) >= 11 is 0. The molecule has 0 unspecified atom stereocenters. The third-order valence-electron chi connectivity index (χ3n) is 4.98. The van der Waals surface area contributed by atoms with Gasteiger partial charge in [-0.05, 0) is 44.5 Å². The lowest BCUT2D eigenvalue weighted by atomic mass is 10.1. The molecule has 4 rings (SSSR count). The van der Waals surface area contributed by atoms with Crippen molar-refractivity contribution < 1.29 is 27.1 Å². The lowest BCUT2D eigenvalue weighted by molar-refractivity contribution is -0.114. The largest absolute Gasteiger partial charge is 0.484 e. The fourth-order valence-corrected chi connectivity index (χ4v) is 4.14. The van der Waals surface area contributed by atoms with Crippen molar-refractivity contribution in [2.75, 3.05) is 23.5 Å². The number of aryl methyl sites for hydroxylation is 1. The average Bonchev–Trinajstić information content (AvgIpc) is 2.74. The van der Waals surface area contributed by atoms with E-state index in [1.54, 1.807) is 18.2 Å². The molecule has 184 valence electrons. The number of halogens is 1. The van der Waals surface area contributed by atoms with Crippen LogP contribution in [-0.4, -0.2) is 47.7 Å². The van der Waals surface area contributed by atoms with Gasteiger partial charge in [-0.1, -0.05) is 0 Å². The first-order chi connectivity index (χ1) is 16.3. The highest BCUT2D eigenvalue weighted by molar-refractivity contribution is 7.90. The van der Waals surface area contributed by atoms with Crippen LogP contribution in [0, 0.1) is 12.7 Å². The number of ether oxygens (including phenoxy) is 2. The number of sulfone groups is 1. The number of nitrogens with zero attached hydrogens (tertiary/aromatic N) is 3. The fraction of sp³-hybridized carbons (Fsp3) is 0.304. The summed E-state index contributed by atoms with van der Waals surface area (Å²) in [5.41, 5.74) is 0.894. The van der Waals surface area contributed by atoms with Crippen molar-refractivity contribution in [3.05, 3.63) is 41.8 Å². The zero-order valence-corrected chi connectivity index (χ0v) is 20.6. The first-order valence-electron chi connectivity index (χ1n) is 10.6. The number of pyridine rings is 3. The quantitative estimate of drug-likeness (QED) is 0.538. The van der Waals surface area contributed by atoms with Crippen LogP contribution in [0.3, 0.4) is 0 Å². The van der Waals surface area contributed by atoms with E-state index >= 15 is 0 Å². The molecule has 35 heavy (non-hydrogen) atoms. The lowest BCUT2D eigenvalue weighted by Crippen LogP contribution is -2.39. The van der Waals surface area contributed by atoms with E-state index in [4.69, 9.17) is 9.47 Å². The van der Waals surface area contributed by atoms with Gasteiger partial charge in [0.1, 0.15) is 23.8 Å². The Labute approximate surface area is 201 Å². The van der Waals surface area contributed by atoms with Gasteiger partial charge in [0.25, 0.3) is 5.88 Å². The summed E-state index contributed by atoms with van der Waals surface area (Å²) in [6.07, 6.45) is 2.37. The Kier molecular flexibility index (Phi) is 6.09. The van der Waals surface area contributed by atoms with Crippen molar-refractivity contribution in [1.29, 1.82) is 0 Å². The number of fused-ring (bicyclic) bond motifs is 1. The Morgan fingerprint density at radius 2 is 1.91 bits per heavy atom. The summed E-state index contributed by atoms with van der Waals surface area (Å²) in [5, 5.41) is 4.94. The molecule has 0 atom stereocenters. The maximum Gasteiger partial charge on any atom is 0.258 e. The predicted octanol–water partition coefficient (Wildman–Crippen LogP) is 3.64. The number of amides is 1. The SMILES string of the molecule is CC(=O)Nc1cc(Nc2cc(C)c(F)c(S(C)(=O)=O)n2)c(-c2ccc3c(n2)OC(C)(C)CO3)cn1. The summed E-state index contributed by atoms with van der Waals surface area (Å²) in [4.78, 5) is 24.4. The fourth-order valence-electron chi connectivity index (χ4n) is 3.39. The van der Waals surface area contributed by atoms with Crippen LogP contribution < -0.4 is 20.1 Å². The smallest absolute Gasteiger partial charge is 0.258 e. The molecule has 0 aromatic carbocycles. The number of nitrogens with one attached hydrogen (secondary N) is 2. The second-order valence-corrected chi connectivity index (χ2v) is 10.7. The zero-order valence-electron chi connectivity index (χ0n) is 19.8. The molecule has 0 spiro atoms. The molecule has 4 heterocycles. The molecule has 0 aliphatic carbocycles. The minimum absolute atomic E-state index is 0.0872. The second-order valence-electron chi connectivity index (χ2n) is 8.79. The molecule has 12 heteroatoms. The first kappa shape index (κ1) is 24.3. The summed E-state index contributed by atoms with van der Waals surface area (Å²) in [6.45, 7) is 6.91. The molecule has 0 saturated heterocycles. The molecule has 0 bridgehead atoms. The molecule has 0 radical (unpaired) electrons. The Hall–Kier alpha value is -3.80. The average molecular weight is 502 g/mol. The van der Waals surface area contributed by atoms with Crippen LogP contribution in [0.4, 0.5) is 21.7 Å². The van der Waals surface area contributed by atoms with Gasteiger partial charge in [-0.15, -0.1) is 0 Å². The van der Waals surface area contributed by atoms with E-state index in [1.165, 1.54) is 26.1 Å². The van der Waals surface area contributed by atoms with Crippen molar-refractivity contribution >= 4 is 33.1 Å². The van der Waals surface area contributed by atoms with Crippen LogP contribution >= 0.6 is 0 Å². The minimum Gasteiger partial charge on any atom is -0.484 e. The Balaban J connectivity index is 1.82. The molecule has 1 aliphatic rings. The van der Waals surface area contributed by atoms with E-state index in [2.05, 4.69) is 25.6 Å². The van der Waals surface area contributed by atoms with Crippen LogP contribution in [0.1, 0.15) is 26.3 Å². The van der Waals surface area contributed by atoms with E-state index < -0.39 is 26.3 Å². The van der Waals surface area contributed by atoms with E-state index in [-0.39, 0.29) is 23.1 Å². The van der Waals surface area contributed by atoms with E-state index in [1.807, 2.05) is 13.8 Å². The molecule has 0 fully saturated rings. The van der Waals surface area contributed by atoms with Crippen LogP contribution in [0.5, 0.6) is 11.6 Å². The summed E-state index contributed by atoms with van der Waals surface area (Å²) < 4.78 is 50.2. The van der Waals surface area contributed by atoms with Crippen molar-refractivity contribution in [3.63, 3.8) is 0 Å². The molecule has 3 aromatic rings. The Morgan fingerprint density at radius 3 is 2.60 bits per heavy atom. The van der Waals surface area contributed by atoms with Crippen molar-refractivity contribution in [2.24, 2.45) is 0 Å². The van der Waals surface area contributed by atoms with Gasteiger partial charge < -0.3 is 20.1 Å². The van der Waals surface area contributed by atoms with Gasteiger partial charge in [0.2, 0.25) is 5.91 Å². The van der Waals surface area contributed by atoms with Crippen molar-refractivity contribution in [1.82, 2.24) is 15.0 Å². The standard InChI is InChI=1S/C23H24FN5O5S/c1-12-8-19(29-22(20(12)24)35(5,31)32)27-16-9-18(26-13(2)30)25-10-14(16)15-6-7-17-21(28-15)34-23(3,4)11-33-17/h6-10H,11H2,1-5H3,(H2,25,26,27,29,30). The van der Waals surface area contributed by atoms with Gasteiger partial charge in [-0.25, -0.2) is 27.8 Å². The molecule has 10 nitrogen and oxygen atoms in total. The predicted molar refractivity (Wildman–Crippen MR) is 127 cm³/mol. The summed E-state index contributed by atoms with van der Waals surface area (Å²) in [7, 11) is -3.92. The van der Waals surface area contributed by atoms with E-state index in [0.29, 0.717) is 35.2 Å². The minimum atomic E-state index is -3.92. The molecule has 3 aromatic heterocycles. The molecule has 1 aliphatic heterocycles. The lowest BCUT2D eigenvalue weighted by Gasteiger charge is -2.31. The highest BCUT2D eigenvalue weighted by Gasteiger charge is 2.29. The maximum atomic E-state index is 14.4. The molecular formula is C23H24FN5O5S. The zero-order chi connectivity index (χ0) is 25.5. The van der Waals surface area contributed by atoms with Crippen LogP contribution in [0.25, 0.3) is 11.3 Å². The van der Waals surface area contributed by atoms with Gasteiger partial charge in [0.05, 0.1) is 11.4 Å². The van der Waals surface area contributed by atoms with E-state index in [9.17, 15) is 17.6 Å². The number of hydrogen-bond acceptors (Lipinski definition) is 9. The van der Waals surface area contributed by atoms with Gasteiger partial charge in [0.15, 0.2) is 26.4 Å². The van der Waals surface area contributed by atoms with Crippen LogP contribution in [-0.2, 0) is 14.6 Å². The molecule has 1 amide bonds. The maximum absolute atomic E-state index is 14.4. The third kappa shape index (κ3) is 5.32. The third-order valence-corrected chi connectivity index (χ3v) is 5.95. The Morgan fingerprint density at radius 1 is 1.17 bits per heavy atom. The second kappa shape index (κ2) is 8.77. The van der Waals surface area contributed by atoms with Crippen LogP contribution in [0.15, 0.2) is 35.5 Å². The van der Waals surface area contributed by atoms with Crippen LogP contribution in [0.2, 0.25) is 0 Å². The molecular weight excluding hydrogens is 477 g/mol. The van der Waals surface area contributed by atoms with Gasteiger partial charge >= 0.3 is 0 Å². The first-order valence-corrected chi connectivity index (χ1v) is 12.5. The van der Waals surface area contributed by atoms with E-state index in [0.717, 1.165) is 6.26 Å². The number of rotatable bonds is 5. The number of hydrogen-bond donors (Lipinski definition) is 2. The molecule has 2 N–H and O–H groups in total. The molecule has 0 saturated carbocycles. The van der Waals surface area contributed by atoms with Crippen molar-refractivity contribution in [3.8, 4) is 22.9 Å². The summed E-state index contributed by atoms with van der Waals surface area (Å²) in [6, 6.07) is 6.36. The highest BCUT2D eigenvalue weighted by atomic mass is 32.2. The number of aromatic nitrogens is 3. The topological polar surface area (TPSA) is 132 Å². The van der Waals surface area contributed by atoms with Crippen molar-refractivity contribution in [2.45, 2.75) is 38.3 Å². The summed E-state index contributed by atoms with van der Waals surface area (Å²) in [5.74, 6) is -0.104. The van der Waals surface area contributed by atoms with Gasteiger partial charge in [0, 0.05) is 31.0 Å². The normalized spacial score (nSPS) is 14.3. The van der Waals surface area contributed by atoms with Gasteiger partial charge in [-0.2, -0.15) is 0 Å².